The van der Waals surface area contributed by atoms with Crippen LogP contribution < -0.4 is 0 Å². The van der Waals surface area contributed by atoms with E-state index in [2.05, 4.69) is 0 Å². The fraction of sp³-hybridized carbons (Fsp3) is 1.00. The van der Waals surface area contributed by atoms with Crippen LogP contribution in [0.3, 0.4) is 0 Å². The predicted octanol–water partition coefficient (Wildman–Crippen LogP) is 3.74. The Bertz CT molecular complexity index is 347. The maximum atomic E-state index is 13.1. The minimum Gasteiger partial charge on any atom is -0.288 e. The summed E-state index contributed by atoms with van der Waals surface area (Å²) in [5.74, 6) is 0. The maximum absolute atomic E-state index is 13.1. The molecule has 0 aromatic carbocycles. The van der Waals surface area contributed by atoms with E-state index in [0.29, 0.717) is 0 Å². The van der Waals surface area contributed by atoms with Gasteiger partial charge in [0.2, 0.25) is 0 Å². The van der Waals surface area contributed by atoms with Gasteiger partial charge in [0.1, 0.15) is 0 Å². The van der Waals surface area contributed by atoms with Gasteiger partial charge < -0.3 is 0 Å². The summed E-state index contributed by atoms with van der Waals surface area (Å²) < 4.78 is 148. The highest BCUT2D eigenvalue weighted by atomic mass is 19.4. The first-order chi connectivity index (χ1) is 7.96. The molecule has 1 rings (SSSR count). The first kappa shape index (κ1) is 16.2. The molecule has 1 nitrogen and oxygen atoms in total. The molecule has 1 heterocycles. The molecule has 0 aromatic rings. The Morgan fingerprint density at radius 1 is 0.579 bits per heavy atom. The molecule has 0 saturated carbocycles. The molecule has 0 aliphatic carbocycles. The van der Waals surface area contributed by atoms with Crippen molar-refractivity contribution in [3.63, 3.8) is 0 Å². The van der Waals surface area contributed by atoms with Gasteiger partial charge in [-0.2, -0.15) is 48.3 Å². The Kier molecular flexibility index (Phi) is 2.90. The van der Waals surface area contributed by atoms with Gasteiger partial charge in [-0.25, -0.2) is 4.39 Å². The zero-order valence-corrected chi connectivity index (χ0v) is 7.94. The second-order valence-corrected chi connectivity index (χ2v) is 3.45. The summed E-state index contributed by atoms with van der Waals surface area (Å²) in [6.07, 6.45) is -27.7. The molecule has 1 saturated heterocycles. The number of alkyl halides is 12. The second kappa shape index (κ2) is 3.41. The Labute approximate surface area is 94.7 Å². The third-order valence-electron chi connectivity index (χ3n) is 2.36. The van der Waals surface area contributed by atoms with E-state index in [1.165, 1.54) is 0 Å². The minimum atomic E-state index is -7.17. The van der Waals surface area contributed by atoms with Gasteiger partial charge in [-0.3, -0.25) is 4.74 Å². The van der Waals surface area contributed by atoms with Gasteiger partial charge in [0, 0.05) is 0 Å². The zero-order chi connectivity index (χ0) is 15.7. The number of hydrogen-bond acceptors (Lipinski definition) is 1. The van der Waals surface area contributed by atoms with Crippen molar-refractivity contribution in [2.75, 3.05) is 0 Å². The van der Waals surface area contributed by atoms with Crippen molar-refractivity contribution in [3.05, 3.63) is 0 Å². The lowest BCUT2D eigenvalue weighted by Gasteiger charge is -2.57. The fourth-order valence-corrected chi connectivity index (χ4v) is 1.52. The van der Waals surface area contributed by atoms with Crippen molar-refractivity contribution in [1.82, 2.24) is 0 Å². The summed E-state index contributed by atoms with van der Waals surface area (Å²) in [4.78, 5) is 0. The molecule has 0 radical (unpaired) electrons. The van der Waals surface area contributed by atoms with Crippen LogP contribution in [0, 0.1) is 0 Å². The van der Waals surface area contributed by atoms with Gasteiger partial charge in [-0.15, -0.1) is 0 Å². The van der Waals surface area contributed by atoms with Crippen molar-refractivity contribution in [3.8, 4) is 0 Å². The average molecular weight is 316 g/mol. The lowest BCUT2D eigenvalue weighted by Crippen LogP contribution is -2.90. The third kappa shape index (κ3) is 1.56. The number of rotatable bonds is 0. The Morgan fingerprint density at radius 2 is 0.895 bits per heavy atom. The number of ether oxygens (including phenoxy) is 1. The molecule has 0 spiro atoms. The van der Waals surface area contributed by atoms with E-state index in [9.17, 15) is 52.7 Å². The van der Waals surface area contributed by atoms with Crippen LogP contribution in [0.5, 0.6) is 0 Å². The largest absolute Gasteiger partial charge is 0.435 e. The van der Waals surface area contributed by atoms with Gasteiger partial charge in [0.05, 0.1) is 0 Å². The molecule has 1 atom stereocenters. The molecule has 114 valence electrons. The van der Waals surface area contributed by atoms with Crippen LogP contribution in [0.25, 0.3) is 0 Å². The van der Waals surface area contributed by atoms with E-state index in [1.807, 2.05) is 4.74 Å². The van der Waals surface area contributed by atoms with E-state index in [-0.39, 0.29) is 0 Å². The molecule has 1 aliphatic rings. The van der Waals surface area contributed by atoms with Gasteiger partial charge in [-0.1, -0.05) is 0 Å². The van der Waals surface area contributed by atoms with Crippen LogP contribution in [0.1, 0.15) is 0 Å². The van der Waals surface area contributed by atoms with Crippen molar-refractivity contribution in [2.45, 2.75) is 35.9 Å². The highest BCUT2D eigenvalue weighted by molar-refractivity contribution is 5.25. The minimum absolute atomic E-state index is 2.01. The summed E-state index contributed by atoms with van der Waals surface area (Å²) >= 11 is 0. The SMILES string of the molecule is FC(F)(F)C1(C(F)(F)F)OC(F)(F)[C@@]1(F)C(F)(F)F. The van der Waals surface area contributed by atoms with E-state index in [4.69, 9.17) is 0 Å². The molecule has 0 bridgehead atoms. The number of hydrogen-bond donors (Lipinski definition) is 0. The molecule has 13 heteroatoms. The topological polar surface area (TPSA) is 9.23 Å². The molecular weight excluding hydrogens is 316 g/mol. The maximum Gasteiger partial charge on any atom is 0.435 e. The average Bonchev–Trinajstić information content (AvgIpc) is 2.06. The summed E-state index contributed by atoms with van der Waals surface area (Å²) in [7, 11) is 0. The smallest absolute Gasteiger partial charge is 0.288 e. The molecule has 19 heavy (non-hydrogen) atoms. The highest BCUT2D eigenvalue weighted by Crippen LogP contribution is 2.71. The van der Waals surface area contributed by atoms with Crippen molar-refractivity contribution in [1.29, 1.82) is 0 Å². The van der Waals surface area contributed by atoms with Crippen LogP contribution >= 0.6 is 0 Å². The highest BCUT2D eigenvalue weighted by Gasteiger charge is 3.04. The Balaban J connectivity index is 3.63. The van der Waals surface area contributed by atoms with Crippen molar-refractivity contribution >= 4 is 0 Å². The molecular formula is C6F12O. The monoisotopic (exact) mass is 316 g/mol. The van der Waals surface area contributed by atoms with E-state index >= 15 is 0 Å². The van der Waals surface area contributed by atoms with E-state index in [1.54, 1.807) is 0 Å². The van der Waals surface area contributed by atoms with Crippen LogP contribution in [-0.2, 0) is 4.74 Å². The summed E-state index contributed by atoms with van der Waals surface area (Å²) in [6.45, 7) is 0. The van der Waals surface area contributed by atoms with Gasteiger partial charge in [-0.05, 0) is 0 Å². The molecule has 1 fully saturated rings. The normalized spacial score (nSPS) is 30.9. The van der Waals surface area contributed by atoms with Crippen LogP contribution in [0.15, 0.2) is 0 Å². The zero-order valence-electron chi connectivity index (χ0n) is 7.94. The first-order valence-corrected chi connectivity index (χ1v) is 3.93. The van der Waals surface area contributed by atoms with Crippen LogP contribution in [0.2, 0.25) is 0 Å². The molecule has 0 aromatic heterocycles. The standard InChI is InChI=1S/C6F12O/c7-1(3(8,9)10)2(4(11,12)13,5(14,15)16)19-6(1,17)18/t1-/m0/s1. The Morgan fingerprint density at radius 3 is 1.00 bits per heavy atom. The van der Waals surface area contributed by atoms with Gasteiger partial charge >= 0.3 is 35.9 Å². The third-order valence-corrected chi connectivity index (χ3v) is 2.36. The van der Waals surface area contributed by atoms with Crippen molar-refractivity contribution in [2.24, 2.45) is 0 Å². The summed E-state index contributed by atoms with van der Waals surface area (Å²) in [5.41, 5.74) is -13.6. The van der Waals surface area contributed by atoms with Gasteiger partial charge in [0.25, 0.3) is 0 Å². The Hall–Kier alpha value is -0.880. The lowest BCUT2D eigenvalue weighted by atomic mass is 9.75. The van der Waals surface area contributed by atoms with Crippen LogP contribution in [-0.4, -0.2) is 35.9 Å². The summed E-state index contributed by atoms with van der Waals surface area (Å²) in [6, 6.07) is 0. The second-order valence-electron chi connectivity index (χ2n) is 3.45. The van der Waals surface area contributed by atoms with E-state index in [0.717, 1.165) is 0 Å². The predicted molar refractivity (Wildman–Crippen MR) is 30.8 cm³/mol. The van der Waals surface area contributed by atoms with Crippen LogP contribution in [0.4, 0.5) is 52.7 Å². The van der Waals surface area contributed by atoms with E-state index < -0.39 is 35.9 Å². The fourth-order valence-electron chi connectivity index (χ4n) is 1.52. The molecule has 0 unspecified atom stereocenters. The lowest BCUT2D eigenvalue weighted by molar-refractivity contribution is -0.605. The van der Waals surface area contributed by atoms with Crippen molar-refractivity contribution < 1.29 is 57.4 Å². The quantitative estimate of drug-likeness (QED) is 0.619. The molecule has 0 N–H and O–H groups in total. The summed E-state index contributed by atoms with van der Waals surface area (Å²) in [5, 5.41) is 0. The molecule has 1 aliphatic heterocycles. The van der Waals surface area contributed by atoms with Gasteiger partial charge in [0.15, 0.2) is 0 Å². The number of halogens is 12. The molecule has 0 amide bonds. The first-order valence-electron chi connectivity index (χ1n) is 3.93.